The zero-order valence-corrected chi connectivity index (χ0v) is 49.1. The molecule has 2 unspecified atom stereocenters. The lowest BCUT2D eigenvalue weighted by Gasteiger charge is -2.36. The predicted octanol–water partition coefficient (Wildman–Crippen LogP) is 18.2. The van der Waals surface area contributed by atoms with E-state index in [0.717, 1.165) is 116 Å². The molecule has 1 N–H and O–H groups in total. The molecule has 1 amide bonds. The highest BCUT2D eigenvalue weighted by atomic mass is 16.5. The summed E-state index contributed by atoms with van der Waals surface area (Å²) in [6.45, 7) is 17.4. The van der Waals surface area contributed by atoms with Gasteiger partial charge in [-0.15, -0.1) is 0 Å². The van der Waals surface area contributed by atoms with Crippen LogP contribution >= 0.6 is 0 Å². The topological polar surface area (TPSA) is 96.4 Å². The Morgan fingerprint density at radius 1 is 0.417 bits per heavy atom. The lowest BCUT2D eigenvalue weighted by molar-refractivity contribution is -0.146. The highest BCUT2D eigenvalue weighted by molar-refractivity contribution is 5.76. The maximum Gasteiger partial charge on any atom is 0.305 e. The highest BCUT2D eigenvalue weighted by Crippen LogP contribution is 2.26. The number of unbranched alkanes of at least 4 members (excludes halogenated alkanes) is 25. The number of hydrogen-bond acceptors (Lipinski definition) is 7. The van der Waals surface area contributed by atoms with Crippen LogP contribution in [0.1, 0.15) is 330 Å². The molecule has 0 saturated heterocycles. The molecule has 8 nitrogen and oxygen atoms in total. The van der Waals surface area contributed by atoms with Crippen molar-refractivity contribution in [3.63, 3.8) is 0 Å². The van der Waals surface area contributed by atoms with Crippen molar-refractivity contribution < 1.29 is 29.0 Å². The molecular formula is C64H124N2O6. The third-order valence-electron chi connectivity index (χ3n) is 16.4. The Kier molecular flexibility index (Phi) is 47.6. The fraction of sp³-hybridized carbons (Fsp3) is 0.953. The fourth-order valence-corrected chi connectivity index (χ4v) is 11.4. The molecule has 0 aromatic heterocycles. The molecule has 0 aromatic carbocycles. The van der Waals surface area contributed by atoms with Crippen molar-refractivity contribution in [2.45, 2.75) is 349 Å². The van der Waals surface area contributed by atoms with E-state index in [4.69, 9.17) is 9.47 Å². The van der Waals surface area contributed by atoms with Gasteiger partial charge in [0, 0.05) is 44.4 Å². The Bertz CT molecular complexity index is 1150. The Labute approximate surface area is 448 Å². The van der Waals surface area contributed by atoms with E-state index in [1.54, 1.807) is 0 Å². The molecule has 0 aromatic rings. The van der Waals surface area contributed by atoms with Crippen LogP contribution in [0.15, 0.2) is 0 Å². The van der Waals surface area contributed by atoms with Crippen LogP contribution in [0, 0.1) is 11.8 Å². The van der Waals surface area contributed by atoms with Gasteiger partial charge < -0.3 is 24.4 Å². The second-order valence-electron chi connectivity index (χ2n) is 23.0. The number of carbonyl (C=O) groups is 3. The first kappa shape index (κ1) is 68.3. The Morgan fingerprint density at radius 2 is 0.778 bits per heavy atom. The van der Waals surface area contributed by atoms with Crippen LogP contribution < -0.4 is 0 Å². The van der Waals surface area contributed by atoms with E-state index in [2.05, 4.69) is 51.3 Å². The van der Waals surface area contributed by atoms with E-state index in [9.17, 15) is 19.5 Å². The van der Waals surface area contributed by atoms with Gasteiger partial charge in [-0.05, 0) is 102 Å². The van der Waals surface area contributed by atoms with Crippen molar-refractivity contribution >= 4 is 17.8 Å². The summed E-state index contributed by atoms with van der Waals surface area (Å²) >= 11 is 0. The van der Waals surface area contributed by atoms with Crippen molar-refractivity contribution in [1.29, 1.82) is 0 Å². The summed E-state index contributed by atoms with van der Waals surface area (Å²) in [5.41, 5.74) is 0. The minimum atomic E-state index is -0.164. The average Bonchev–Trinajstić information content (AvgIpc) is 3.38. The highest BCUT2D eigenvalue weighted by Gasteiger charge is 2.27. The third kappa shape index (κ3) is 38.8. The van der Waals surface area contributed by atoms with Crippen LogP contribution in [-0.4, -0.2) is 83.8 Å². The van der Waals surface area contributed by atoms with Crippen LogP contribution in [0.25, 0.3) is 0 Å². The van der Waals surface area contributed by atoms with E-state index in [1.165, 1.54) is 173 Å². The minimum Gasteiger partial charge on any atom is -0.465 e. The standard InChI is InChI=1S/C64H124N2O6/c1-7-13-18-21-22-27-32-39-53-66(62(68)52-54-65(12-6)59-48-50-61(67)51-49-59)60(44-35-28-23-25-30-37-46-63(69)71-55-57(40-16-10-4)42-33-19-14-8-2)45-36-29-24-26-31-38-47-64(70)72-56-58(41-17-11-5)43-34-20-15-9-3/h57-61,67H,7-56H2,1-6H3. The summed E-state index contributed by atoms with van der Waals surface area (Å²) in [5, 5.41) is 10.2. The van der Waals surface area contributed by atoms with Crippen molar-refractivity contribution in [3.8, 4) is 0 Å². The van der Waals surface area contributed by atoms with Gasteiger partial charge >= 0.3 is 11.9 Å². The number of aliphatic hydroxyl groups is 1. The van der Waals surface area contributed by atoms with Crippen molar-refractivity contribution in [3.05, 3.63) is 0 Å². The first-order valence-corrected chi connectivity index (χ1v) is 32.2. The molecule has 72 heavy (non-hydrogen) atoms. The SMILES string of the molecule is CCCCCCCCCCN(C(=O)CCN(CC)C1CCC(O)CC1)C(CCCCCCCCC(=O)OCC(CCCC)CCCCCC)CCCCCCCCC(=O)OCC(CCCC)CCCCCC. The maximum atomic E-state index is 14.5. The number of aliphatic hydroxyl groups excluding tert-OH is 1. The third-order valence-corrected chi connectivity index (χ3v) is 16.4. The van der Waals surface area contributed by atoms with Crippen molar-refractivity contribution in [2.24, 2.45) is 11.8 Å². The molecule has 8 heteroatoms. The Hall–Kier alpha value is -1.67. The van der Waals surface area contributed by atoms with Crippen LogP contribution in [-0.2, 0) is 23.9 Å². The first-order valence-electron chi connectivity index (χ1n) is 32.2. The van der Waals surface area contributed by atoms with Gasteiger partial charge in [0.15, 0.2) is 0 Å². The summed E-state index contributed by atoms with van der Waals surface area (Å²) in [4.78, 5) is 44.8. The summed E-state index contributed by atoms with van der Waals surface area (Å²) in [5.74, 6) is 1.35. The first-order chi connectivity index (χ1) is 35.2. The molecule has 2 atom stereocenters. The largest absolute Gasteiger partial charge is 0.465 e. The number of amides is 1. The molecule has 426 valence electrons. The molecule has 0 radical (unpaired) electrons. The zero-order chi connectivity index (χ0) is 52.5. The van der Waals surface area contributed by atoms with E-state index >= 15 is 0 Å². The molecule has 1 saturated carbocycles. The number of nitrogens with zero attached hydrogens (tertiary/aromatic N) is 2. The van der Waals surface area contributed by atoms with Gasteiger partial charge in [-0.25, -0.2) is 0 Å². The van der Waals surface area contributed by atoms with Gasteiger partial charge in [-0.3, -0.25) is 14.4 Å². The van der Waals surface area contributed by atoms with E-state index < -0.39 is 0 Å². The van der Waals surface area contributed by atoms with E-state index in [0.29, 0.717) is 56.3 Å². The molecular weight excluding hydrogens is 893 g/mol. The molecule has 1 rings (SSSR count). The molecule has 1 aliphatic carbocycles. The molecule has 1 aliphatic rings. The summed E-state index contributed by atoms with van der Waals surface area (Å²) in [7, 11) is 0. The number of carbonyl (C=O) groups excluding carboxylic acids is 3. The van der Waals surface area contributed by atoms with Gasteiger partial charge in [0.25, 0.3) is 0 Å². The normalized spacial score (nSPS) is 16.2. The molecule has 0 aliphatic heterocycles. The summed E-state index contributed by atoms with van der Waals surface area (Å²) in [6.07, 6.45) is 50.6. The van der Waals surface area contributed by atoms with Gasteiger partial charge in [-0.1, -0.05) is 228 Å². The lowest BCUT2D eigenvalue weighted by atomic mass is 9.92. The number of ether oxygens (including phenoxy) is 2. The maximum absolute atomic E-state index is 14.5. The van der Waals surface area contributed by atoms with Gasteiger partial charge in [0.1, 0.15) is 0 Å². The fourth-order valence-electron chi connectivity index (χ4n) is 11.4. The molecule has 0 heterocycles. The van der Waals surface area contributed by atoms with Gasteiger partial charge in [0.05, 0.1) is 19.3 Å². The molecule has 1 fully saturated rings. The number of hydrogen-bond donors (Lipinski definition) is 1. The van der Waals surface area contributed by atoms with Crippen molar-refractivity contribution in [2.75, 3.05) is 32.8 Å². The van der Waals surface area contributed by atoms with Crippen LogP contribution in [0.3, 0.4) is 0 Å². The Balaban J connectivity index is 2.80. The van der Waals surface area contributed by atoms with Crippen LogP contribution in [0.2, 0.25) is 0 Å². The van der Waals surface area contributed by atoms with Crippen molar-refractivity contribution in [1.82, 2.24) is 9.80 Å². The second kappa shape index (κ2) is 50.2. The predicted molar refractivity (Wildman–Crippen MR) is 308 cm³/mol. The smallest absolute Gasteiger partial charge is 0.305 e. The minimum absolute atomic E-state index is 0.0108. The number of esters is 2. The van der Waals surface area contributed by atoms with Gasteiger partial charge in [0.2, 0.25) is 5.91 Å². The Morgan fingerprint density at radius 3 is 1.21 bits per heavy atom. The molecule has 0 spiro atoms. The van der Waals surface area contributed by atoms with E-state index in [1.807, 2.05) is 0 Å². The monoisotopic (exact) mass is 1020 g/mol. The van der Waals surface area contributed by atoms with Crippen LogP contribution in [0.5, 0.6) is 0 Å². The van der Waals surface area contributed by atoms with Gasteiger partial charge in [-0.2, -0.15) is 0 Å². The summed E-state index contributed by atoms with van der Waals surface area (Å²) < 4.78 is 11.6. The van der Waals surface area contributed by atoms with Crippen LogP contribution in [0.4, 0.5) is 0 Å². The zero-order valence-electron chi connectivity index (χ0n) is 49.1. The van der Waals surface area contributed by atoms with E-state index in [-0.39, 0.29) is 24.1 Å². The quantitative estimate of drug-likeness (QED) is 0.0479. The number of rotatable bonds is 53. The summed E-state index contributed by atoms with van der Waals surface area (Å²) in [6, 6.07) is 0.757. The lowest BCUT2D eigenvalue weighted by Crippen LogP contribution is -2.44. The molecule has 0 bridgehead atoms. The average molecular weight is 1020 g/mol. The second-order valence-corrected chi connectivity index (χ2v) is 23.0.